The number of hydrogen-bond acceptors (Lipinski definition) is 2. The lowest BCUT2D eigenvalue weighted by molar-refractivity contribution is 0.661. The van der Waals surface area contributed by atoms with Crippen LogP contribution >= 0.6 is 0 Å². The molecule has 0 amide bonds. The minimum Gasteiger partial charge on any atom is -0.309 e. The predicted octanol–water partition coefficient (Wildman–Crippen LogP) is 14.0. The SMILES string of the molecule is CC1(C)c2ccccc2-c2cc3c4ccc(-c5ccc6c7ccccc7n(-c7ccccc7)c6c5)cc4n(-c4cc(-c5ccccc5)nc(-c5ccccc5)n4)c3cc21. The molecule has 0 aliphatic heterocycles. The highest BCUT2D eigenvalue weighted by Crippen LogP contribution is 2.51. The van der Waals surface area contributed by atoms with E-state index >= 15 is 0 Å². The standard InChI is InChI=1S/C55H38N4/c1-55(2)46-24-14-12-22-40(46)44-32-45-43-29-27-38(37-26-28-42-41-23-13-15-25-49(41)58(50(42)30-37)39-20-10-5-11-21-39)31-51(43)59(52(45)33-47(44)55)53-34-48(35-16-6-3-7-17-35)56-54(57-53)36-18-8-4-9-19-36/h3-34H,1-2H3. The summed E-state index contributed by atoms with van der Waals surface area (Å²) in [5.74, 6) is 1.53. The van der Waals surface area contributed by atoms with Gasteiger partial charge in [-0.25, -0.2) is 9.97 Å². The molecule has 0 saturated carbocycles. The van der Waals surface area contributed by atoms with Gasteiger partial charge in [0, 0.05) is 49.8 Å². The van der Waals surface area contributed by atoms with E-state index in [1.165, 1.54) is 54.8 Å². The van der Waals surface area contributed by atoms with Crippen LogP contribution in [0.15, 0.2) is 194 Å². The summed E-state index contributed by atoms with van der Waals surface area (Å²) >= 11 is 0. The first-order valence-electron chi connectivity index (χ1n) is 20.3. The molecule has 8 aromatic carbocycles. The van der Waals surface area contributed by atoms with Gasteiger partial charge in [0.2, 0.25) is 0 Å². The highest BCUT2D eigenvalue weighted by atomic mass is 15.1. The van der Waals surface area contributed by atoms with Crippen molar-refractivity contribution < 1.29 is 0 Å². The van der Waals surface area contributed by atoms with Gasteiger partial charge in [0.25, 0.3) is 0 Å². The smallest absolute Gasteiger partial charge is 0.162 e. The Hall–Kier alpha value is -7.56. The maximum absolute atomic E-state index is 5.40. The van der Waals surface area contributed by atoms with Crippen LogP contribution in [0, 0.1) is 0 Å². The van der Waals surface area contributed by atoms with Crippen LogP contribution < -0.4 is 0 Å². The monoisotopic (exact) mass is 754 g/mol. The van der Waals surface area contributed by atoms with E-state index in [1.807, 2.05) is 6.07 Å². The molecule has 0 radical (unpaired) electrons. The summed E-state index contributed by atoms with van der Waals surface area (Å²) in [4.78, 5) is 10.6. The van der Waals surface area contributed by atoms with E-state index in [0.717, 1.165) is 50.5 Å². The molecule has 0 N–H and O–H groups in total. The average molecular weight is 755 g/mol. The molecule has 4 nitrogen and oxygen atoms in total. The molecule has 0 unspecified atom stereocenters. The number of benzene rings is 8. The molecule has 0 fully saturated rings. The number of nitrogens with zero attached hydrogens (tertiary/aromatic N) is 4. The van der Waals surface area contributed by atoms with E-state index < -0.39 is 0 Å². The lowest BCUT2D eigenvalue weighted by Gasteiger charge is -2.21. The van der Waals surface area contributed by atoms with E-state index in [2.05, 4.69) is 211 Å². The van der Waals surface area contributed by atoms with E-state index in [4.69, 9.17) is 9.97 Å². The Morgan fingerprint density at radius 1 is 0.373 bits per heavy atom. The topological polar surface area (TPSA) is 35.6 Å². The summed E-state index contributed by atoms with van der Waals surface area (Å²) in [5.41, 5.74) is 16.1. The van der Waals surface area contributed by atoms with Gasteiger partial charge in [0.15, 0.2) is 5.82 Å². The van der Waals surface area contributed by atoms with E-state index in [0.29, 0.717) is 5.82 Å². The zero-order valence-electron chi connectivity index (χ0n) is 32.8. The second kappa shape index (κ2) is 12.7. The molecule has 3 heterocycles. The van der Waals surface area contributed by atoms with Gasteiger partial charge in [-0.3, -0.25) is 4.57 Å². The van der Waals surface area contributed by atoms with Crippen molar-refractivity contribution in [2.45, 2.75) is 19.3 Å². The van der Waals surface area contributed by atoms with Crippen molar-refractivity contribution in [1.82, 2.24) is 19.1 Å². The Morgan fingerprint density at radius 3 is 1.69 bits per heavy atom. The molecule has 0 bridgehead atoms. The van der Waals surface area contributed by atoms with Crippen molar-refractivity contribution in [2.75, 3.05) is 0 Å². The first-order valence-corrected chi connectivity index (χ1v) is 20.3. The Kier molecular flexibility index (Phi) is 7.24. The first kappa shape index (κ1) is 33.6. The summed E-state index contributed by atoms with van der Waals surface area (Å²) in [6.45, 7) is 4.70. The summed E-state index contributed by atoms with van der Waals surface area (Å²) in [6.07, 6.45) is 0. The zero-order valence-corrected chi connectivity index (χ0v) is 32.8. The number of rotatable bonds is 5. The molecule has 0 spiro atoms. The lowest BCUT2D eigenvalue weighted by atomic mass is 9.82. The van der Waals surface area contributed by atoms with Crippen molar-refractivity contribution in [3.63, 3.8) is 0 Å². The average Bonchev–Trinajstić information content (AvgIpc) is 3.88. The maximum Gasteiger partial charge on any atom is 0.162 e. The van der Waals surface area contributed by atoms with E-state index in [1.54, 1.807) is 0 Å². The van der Waals surface area contributed by atoms with Gasteiger partial charge in [-0.1, -0.05) is 159 Å². The Labute approximate surface area is 342 Å². The van der Waals surface area contributed by atoms with Crippen molar-refractivity contribution in [1.29, 1.82) is 0 Å². The largest absolute Gasteiger partial charge is 0.309 e. The van der Waals surface area contributed by atoms with Crippen molar-refractivity contribution in [2.24, 2.45) is 0 Å². The maximum atomic E-state index is 5.40. The lowest BCUT2D eigenvalue weighted by Crippen LogP contribution is -2.15. The molecule has 4 heteroatoms. The number of aromatic nitrogens is 4. The van der Waals surface area contributed by atoms with Crippen LogP contribution in [0.4, 0.5) is 0 Å². The fourth-order valence-electron chi connectivity index (χ4n) is 9.66. The summed E-state index contributed by atoms with van der Waals surface area (Å²) in [5, 5.41) is 4.88. The van der Waals surface area contributed by atoms with Crippen molar-refractivity contribution >= 4 is 43.6 Å². The van der Waals surface area contributed by atoms with Crippen LogP contribution in [0.25, 0.3) is 100 Å². The summed E-state index contributed by atoms with van der Waals surface area (Å²) in [6, 6.07) is 70.0. The minimum absolute atomic E-state index is 0.157. The fourth-order valence-corrected chi connectivity index (χ4v) is 9.66. The van der Waals surface area contributed by atoms with Crippen LogP contribution in [0.1, 0.15) is 25.0 Å². The quantitative estimate of drug-likeness (QED) is 0.175. The molecule has 1 aliphatic rings. The van der Waals surface area contributed by atoms with Crippen LogP contribution in [0.5, 0.6) is 0 Å². The van der Waals surface area contributed by atoms with Crippen molar-refractivity contribution in [3.05, 3.63) is 205 Å². The number of hydrogen-bond donors (Lipinski definition) is 0. The number of para-hydroxylation sites is 2. The molecule has 0 saturated heterocycles. The van der Waals surface area contributed by atoms with Gasteiger partial charge in [0.1, 0.15) is 5.82 Å². The normalized spacial score (nSPS) is 13.1. The molecule has 3 aromatic heterocycles. The highest BCUT2D eigenvalue weighted by molar-refractivity contribution is 6.13. The Morgan fingerprint density at radius 2 is 0.949 bits per heavy atom. The fraction of sp³-hybridized carbons (Fsp3) is 0.0545. The molecular formula is C55H38N4. The third-order valence-electron chi connectivity index (χ3n) is 12.5. The second-order valence-corrected chi connectivity index (χ2v) is 16.2. The van der Waals surface area contributed by atoms with Gasteiger partial charge < -0.3 is 4.57 Å². The van der Waals surface area contributed by atoms with E-state index in [-0.39, 0.29) is 5.41 Å². The van der Waals surface area contributed by atoms with Crippen LogP contribution in [-0.4, -0.2) is 19.1 Å². The third-order valence-corrected chi connectivity index (χ3v) is 12.5. The predicted molar refractivity (Wildman–Crippen MR) is 245 cm³/mol. The molecule has 59 heavy (non-hydrogen) atoms. The third kappa shape index (κ3) is 5.09. The highest BCUT2D eigenvalue weighted by Gasteiger charge is 2.36. The zero-order chi connectivity index (χ0) is 39.2. The molecule has 1 aliphatic carbocycles. The Balaban J connectivity index is 1.15. The second-order valence-electron chi connectivity index (χ2n) is 16.2. The molecule has 12 rings (SSSR count). The summed E-state index contributed by atoms with van der Waals surface area (Å²) < 4.78 is 4.77. The van der Waals surface area contributed by atoms with Crippen LogP contribution in [-0.2, 0) is 5.41 Å². The first-order chi connectivity index (χ1) is 29.0. The number of fused-ring (bicyclic) bond motifs is 9. The summed E-state index contributed by atoms with van der Waals surface area (Å²) in [7, 11) is 0. The minimum atomic E-state index is -0.157. The van der Waals surface area contributed by atoms with Gasteiger partial charge in [-0.2, -0.15) is 0 Å². The van der Waals surface area contributed by atoms with Gasteiger partial charge in [-0.05, 0) is 75.8 Å². The van der Waals surface area contributed by atoms with Crippen LogP contribution in [0.2, 0.25) is 0 Å². The van der Waals surface area contributed by atoms with Crippen molar-refractivity contribution in [3.8, 4) is 56.4 Å². The van der Waals surface area contributed by atoms with E-state index in [9.17, 15) is 0 Å². The molecular weight excluding hydrogens is 717 g/mol. The molecule has 11 aromatic rings. The molecule has 278 valence electrons. The Bertz CT molecular complexity index is 3390. The molecule has 0 atom stereocenters. The van der Waals surface area contributed by atoms with Gasteiger partial charge in [-0.15, -0.1) is 0 Å². The van der Waals surface area contributed by atoms with Gasteiger partial charge in [0.05, 0.1) is 27.8 Å². The van der Waals surface area contributed by atoms with Crippen LogP contribution in [0.3, 0.4) is 0 Å². The van der Waals surface area contributed by atoms with Gasteiger partial charge >= 0.3 is 0 Å².